The molecule has 0 amide bonds. The van der Waals surface area contributed by atoms with E-state index >= 15 is 0 Å². The van der Waals surface area contributed by atoms with Crippen LogP contribution in [0, 0.1) is 12.3 Å². The zero-order chi connectivity index (χ0) is 11.5. The van der Waals surface area contributed by atoms with Gasteiger partial charge in [0.25, 0.3) is 0 Å². The lowest BCUT2D eigenvalue weighted by atomic mass is 9.80. The molecular weight excluding hydrogens is 184 g/mol. The third-order valence-electron chi connectivity index (χ3n) is 2.54. The van der Waals surface area contributed by atoms with Gasteiger partial charge in [0.1, 0.15) is 0 Å². The lowest BCUT2D eigenvalue weighted by Crippen LogP contribution is -2.10. The Morgan fingerprint density at radius 1 is 1.27 bits per heavy atom. The van der Waals surface area contributed by atoms with Gasteiger partial charge in [-0.15, -0.1) is 0 Å². The van der Waals surface area contributed by atoms with Gasteiger partial charge >= 0.3 is 0 Å². The Morgan fingerprint density at radius 3 is 2.33 bits per heavy atom. The van der Waals surface area contributed by atoms with E-state index in [0.29, 0.717) is 0 Å². The van der Waals surface area contributed by atoms with Crippen molar-refractivity contribution in [2.24, 2.45) is 5.41 Å². The normalized spacial score (nSPS) is 13.0. The van der Waals surface area contributed by atoms with Crippen LogP contribution in [0.15, 0.2) is 30.3 Å². The summed E-state index contributed by atoms with van der Waals surface area (Å²) in [5.74, 6) is 0. The summed E-state index contributed by atoms with van der Waals surface area (Å²) in [6.45, 7) is 8.70. The molecule has 0 radical (unpaired) electrons. The molecule has 0 atom stereocenters. The molecule has 0 spiro atoms. The summed E-state index contributed by atoms with van der Waals surface area (Å²) in [5.41, 5.74) is 3.77. The Hall–Kier alpha value is -1.08. The highest BCUT2D eigenvalue weighted by molar-refractivity contribution is 5.71. The summed E-state index contributed by atoms with van der Waals surface area (Å²) in [7, 11) is 0. The van der Waals surface area contributed by atoms with E-state index in [1.54, 1.807) is 0 Å². The van der Waals surface area contributed by atoms with Gasteiger partial charge in [0, 0.05) is 0 Å². The number of aryl methyl sites for hydroxylation is 1. The highest BCUT2D eigenvalue weighted by atomic mass is 16.2. The standard InChI is InChI=1S/C14H20O/c1-11-7-5-6-8-12(11)13(9-10-15)14(2,3)4/h5-9,15H,10H2,1-4H3/b13-9+. The van der Waals surface area contributed by atoms with E-state index in [-0.39, 0.29) is 12.0 Å². The number of rotatable bonds is 2. The number of aliphatic hydroxyl groups is 1. The van der Waals surface area contributed by atoms with Crippen molar-refractivity contribution in [3.8, 4) is 0 Å². The molecule has 1 rings (SSSR count). The molecule has 0 aliphatic carbocycles. The molecule has 0 aromatic heterocycles. The Labute approximate surface area is 92.5 Å². The van der Waals surface area contributed by atoms with Gasteiger partial charge in [-0.1, -0.05) is 51.1 Å². The van der Waals surface area contributed by atoms with Crippen LogP contribution in [0.3, 0.4) is 0 Å². The predicted octanol–water partition coefficient (Wildman–Crippen LogP) is 3.42. The first-order valence-electron chi connectivity index (χ1n) is 5.34. The van der Waals surface area contributed by atoms with Gasteiger partial charge in [-0.25, -0.2) is 0 Å². The first-order chi connectivity index (χ1) is 6.96. The fraction of sp³-hybridized carbons (Fsp3) is 0.429. The van der Waals surface area contributed by atoms with Crippen LogP contribution in [0.2, 0.25) is 0 Å². The van der Waals surface area contributed by atoms with Gasteiger partial charge in [-0.05, 0) is 29.0 Å². The van der Waals surface area contributed by atoms with E-state index < -0.39 is 0 Å². The second kappa shape index (κ2) is 4.63. The minimum absolute atomic E-state index is 0.0643. The number of benzene rings is 1. The fourth-order valence-corrected chi connectivity index (χ4v) is 1.79. The van der Waals surface area contributed by atoms with Crippen molar-refractivity contribution in [3.63, 3.8) is 0 Å². The molecular formula is C14H20O. The monoisotopic (exact) mass is 204 g/mol. The molecule has 15 heavy (non-hydrogen) atoms. The fourth-order valence-electron chi connectivity index (χ4n) is 1.79. The highest BCUT2D eigenvalue weighted by Gasteiger charge is 2.19. The van der Waals surface area contributed by atoms with E-state index in [1.807, 2.05) is 18.2 Å². The Morgan fingerprint density at radius 2 is 1.87 bits per heavy atom. The van der Waals surface area contributed by atoms with E-state index in [4.69, 9.17) is 5.11 Å². The molecule has 1 N–H and O–H groups in total. The van der Waals surface area contributed by atoms with E-state index in [0.717, 1.165) is 0 Å². The van der Waals surface area contributed by atoms with Crippen LogP contribution < -0.4 is 0 Å². The van der Waals surface area contributed by atoms with Gasteiger partial charge in [-0.3, -0.25) is 0 Å². The topological polar surface area (TPSA) is 20.2 Å². The van der Waals surface area contributed by atoms with Crippen molar-refractivity contribution in [3.05, 3.63) is 41.5 Å². The Bertz CT molecular complexity index is 356. The van der Waals surface area contributed by atoms with Gasteiger partial charge in [0.15, 0.2) is 0 Å². The highest BCUT2D eigenvalue weighted by Crippen LogP contribution is 2.35. The van der Waals surface area contributed by atoms with Crippen molar-refractivity contribution >= 4 is 5.57 Å². The van der Waals surface area contributed by atoms with Crippen LogP contribution in [0.4, 0.5) is 0 Å². The average Bonchev–Trinajstić information content (AvgIpc) is 2.14. The lowest BCUT2D eigenvalue weighted by molar-refractivity contribution is 0.341. The SMILES string of the molecule is Cc1ccccc1/C(=C\CO)C(C)(C)C. The largest absolute Gasteiger partial charge is 0.392 e. The maximum atomic E-state index is 9.08. The number of hydrogen-bond acceptors (Lipinski definition) is 1. The lowest BCUT2D eigenvalue weighted by Gasteiger charge is -2.24. The molecule has 0 aliphatic rings. The molecule has 0 bridgehead atoms. The molecule has 0 heterocycles. The zero-order valence-electron chi connectivity index (χ0n) is 10.0. The summed E-state index contributed by atoms with van der Waals surface area (Å²) in [5, 5.41) is 9.08. The number of hydrogen-bond donors (Lipinski definition) is 1. The second-order valence-corrected chi connectivity index (χ2v) is 4.87. The molecule has 0 saturated heterocycles. The molecule has 0 aliphatic heterocycles. The number of allylic oxidation sites excluding steroid dienone is 1. The zero-order valence-corrected chi connectivity index (χ0v) is 10.0. The third-order valence-corrected chi connectivity index (χ3v) is 2.54. The summed E-state index contributed by atoms with van der Waals surface area (Å²) in [6.07, 6.45) is 1.91. The van der Waals surface area contributed by atoms with Crippen molar-refractivity contribution in [1.82, 2.24) is 0 Å². The van der Waals surface area contributed by atoms with Crippen molar-refractivity contribution in [2.45, 2.75) is 27.7 Å². The second-order valence-electron chi connectivity index (χ2n) is 4.87. The summed E-state index contributed by atoms with van der Waals surface area (Å²) in [4.78, 5) is 0. The van der Waals surface area contributed by atoms with E-state index in [1.165, 1.54) is 16.7 Å². The molecule has 82 valence electrons. The summed E-state index contributed by atoms with van der Waals surface area (Å²) >= 11 is 0. The summed E-state index contributed by atoms with van der Waals surface area (Å²) < 4.78 is 0. The minimum atomic E-state index is 0.0643. The van der Waals surface area contributed by atoms with Gasteiger partial charge in [0.2, 0.25) is 0 Å². The summed E-state index contributed by atoms with van der Waals surface area (Å²) in [6, 6.07) is 8.30. The van der Waals surface area contributed by atoms with Gasteiger partial charge < -0.3 is 5.11 Å². The van der Waals surface area contributed by atoms with Crippen LogP contribution in [-0.4, -0.2) is 11.7 Å². The Balaban J connectivity index is 3.24. The molecule has 0 unspecified atom stereocenters. The minimum Gasteiger partial charge on any atom is -0.392 e. The van der Waals surface area contributed by atoms with Crippen molar-refractivity contribution < 1.29 is 5.11 Å². The van der Waals surface area contributed by atoms with Crippen molar-refractivity contribution in [1.29, 1.82) is 0 Å². The van der Waals surface area contributed by atoms with Crippen LogP contribution in [0.25, 0.3) is 5.57 Å². The Kier molecular flexibility index (Phi) is 3.70. The van der Waals surface area contributed by atoms with Gasteiger partial charge in [-0.2, -0.15) is 0 Å². The molecule has 1 aromatic carbocycles. The molecule has 1 aromatic rings. The van der Waals surface area contributed by atoms with Crippen LogP contribution >= 0.6 is 0 Å². The molecule has 1 heteroatoms. The smallest absolute Gasteiger partial charge is 0.0618 e. The van der Waals surface area contributed by atoms with Crippen LogP contribution in [0.5, 0.6) is 0 Å². The maximum absolute atomic E-state index is 9.08. The quantitative estimate of drug-likeness (QED) is 0.782. The molecule has 0 fully saturated rings. The third kappa shape index (κ3) is 2.93. The van der Waals surface area contributed by atoms with E-state index in [9.17, 15) is 0 Å². The maximum Gasteiger partial charge on any atom is 0.0618 e. The van der Waals surface area contributed by atoms with Gasteiger partial charge in [0.05, 0.1) is 6.61 Å². The average molecular weight is 204 g/mol. The predicted molar refractivity (Wildman–Crippen MR) is 65.7 cm³/mol. The first kappa shape index (κ1) is 12.0. The first-order valence-corrected chi connectivity index (χ1v) is 5.34. The molecule has 0 saturated carbocycles. The molecule has 1 nitrogen and oxygen atoms in total. The van der Waals surface area contributed by atoms with E-state index in [2.05, 4.69) is 39.8 Å². The van der Waals surface area contributed by atoms with Crippen LogP contribution in [0.1, 0.15) is 31.9 Å². The van der Waals surface area contributed by atoms with Crippen molar-refractivity contribution in [2.75, 3.05) is 6.61 Å². The van der Waals surface area contributed by atoms with Crippen LogP contribution in [-0.2, 0) is 0 Å². The number of aliphatic hydroxyl groups excluding tert-OH is 1.